The van der Waals surface area contributed by atoms with Crippen LogP contribution in [-0.2, 0) is 23.9 Å². The van der Waals surface area contributed by atoms with E-state index < -0.39 is 11.7 Å². The Hall–Kier alpha value is -3.27. The second-order valence-corrected chi connectivity index (χ2v) is 7.55. The molecule has 6 nitrogen and oxygen atoms in total. The van der Waals surface area contributed by atoms with Gasteiger partial charge in [0.2, 0.25) is 5.91 Å². The predicted octanol–water partition coefficient (Wildman–Crippen LogP) is 4.71. The van der Waals surface area contributed by atoms with Crippen LogP contribution in [0.2, 0.25) is 0 Å². The summed E-state index contributed by atoms with van der Waals surface area (Å²) in [5.41, 5.74) is 1.08. The van der Waals surface area contributed by atoms with Crippen LogP contribution >= 0.6 is 11.3 Å². The molecule has 0 saturated carbocycles. The van der Waals surface area contributed by atoms with Gasteiger partial charge in [-0.25, -0.2) is 4.98 Å². The number of nitrogens with zero attached hydrogens (tertiary/aromatic N) is 1. The highest BCUT2D eigenvalue weighted by Crippen LogP contribution is 2.35. The molecule has 1 aromatic heterocycles. The zero-order valence-electron chi connectivity index (χ0n) is 17.6. The average molecular weight is 466 g/mol. The molecule has 3 rings (SSSR count). The summed E-state index contributed by atoms with van der Waals surface area (Å²) < 4.78 is 54.0. The highest BCUT2D eigenvalue weighted by Gasteiger charge is 2.30. The molecule has 32 heavy (non-hydrogen) atoms. The second-order valence-electron chi connectivity index (χ2n) is 6.69. The van der Waals surface area contributed by atoms with E-state index in [4.69, 9.17) is 14.2 Å². The van der Waals surface area contributed by atoms with Crippen molar-refractivity contribution in [2.24, 2.45) is 0 Å². The third kappa shape index (κ3) is 5.50. The highest BCUT2D eigenvalue weighted by molar-refractivity contribution is 7.13. The Morgan fingerprint density at radius 1 is 1.00 bits per heavy atom. The number of carbonyl (C=O) groups is 1. The van der Waals surface area contributed by atoms with Crippen molar-refractivity contribution in [1.82, 2.24) is 10.3 Å². The molecule has 0 unspecified atom stereocenters. The van der Waals surface area contributed by atoms with Gasteiger partial charge in [0.1, 0.15) is 10.8 Å². The van der Waals surface area contributed by atoms with Crippen LogP contribution in [0.1, 0.15) is 16.8 Å². The number of amides is 1. The number of thiazole rings is 1. The summed E-state index contributed by atoms with van der Waals surface area (Å²) in [6.45, 7) is 0.207. The van der Waals surface area contributed by atoms with Crippen LogP contribution in [0.4, 0.5) is 13.2 Å². The molecule has 170 valence electrons. The van der Waals surface area contributed by atoms with Crippen molar-refractivity contribution in [3.63, 3.8) is 0 Å². The van der Waals surface area contributed by atoms with Crippen molar-refractivity contribution in [1.29, 1.82) is 0 Å². The van der Waals surface area contributed by atoms with Crippen LogP contribution in [0, 0.1) is 0 Å². The summed E-state index contributed by atoms with van der Waals surface area (Å²) in [7, 11) is 4.55. The van der Waals surface area contributed by atoms with Crippen LogP contribution in [0.3, 0.4) is 0 Å². The third-order valence-corrected chi connectivity index (χ3v) is 5.56. The van der Waals surface area contributed by atoms with Crippen molar-refractivity contribution >= 4 is 17.2 Å². The van der Waals surface area contributed by atoms with Crippen LogP contribution in [0.15, 0.2) is 41.8 Å². The van der Waals surface area contributed by atoms with Gasteiger partial charge in [-0.3, -0.25) is 4.79 Å². The molecule has 0 aliphatic heterocycles. The number of hydrogen-bond acceptors (Lipinski definition) is 6. The van der Waals surface area contributed by atoms with E-state index in [-0.39, 0.29) is 18.9 Å². The minimum absolute atomic E-state index is 0.0345. The molecular weight excluding hydrogens is 445 g/mol. The van der Waals surface area contributed by atoms with Gasteiger partial charge in [0.25, 0.3) is 0 Å². The Morgan fingerprint density at radius 2 is 1.62 bits per heavy atom. The monoisotopic (exact) mass is 466 g/mol. The average Bonchev–Trinajstić information content (AvgIpc) is 3.24. The molecule has 1 amide bonds. The maximum absolute atomic E-state index is 12.7. The summed E-state index contributed by atoms with van der Waals surface area (Å²) in [4.78, 5) is 16.8. The number of ether oxygens (including phenoxy) is 3. The van der Waals surface area contributed by atoms with E-state index in [2.05, 4.69) is 10.3 Å². The summed E-state index contributed by atoms with van der Waals surface area (Å²) in [5.74, 6) is 1.31. The maximum Gasteiger partial charge on any atom is 0.416 e. The molecule has 0 radical (unpaired) electrons. The van der Waals surface area contributed by atoms with Gasteiger partial charge in [0, 0.05) is 29.1 Å². The van der Waals surface area contributed by atoms with Gasteiger partial charge in [-0.15, -0.1) is 11.3 Å². The zero-order valence-corrected chi connectivity index (χ0v) is 18.4. The Balaban J connectivity index is 1.64. The minimum atomic E-state index is -4.39. The van der Waals surface area contributed by atoms with Crippen LogP contribution < -0.4 is 19.5 Å². The van der Waals surface area contributed by atoms with Crippen molar-refractivity contribution in [2.75, 3.05) is 21.3 Å². The number of benzene rings is 2. The lowest BCUT2D eigenvalue weighted by Crippen LogP contribution is -2.25. The molecule has 0 atom stereocenters. The lowest BCUT2D eigenvalue weighted by molar-refractivity contribution is -0.137. The number of halogens is 3. The molecule has 2 aromatic carbocycles. The molecule has 0 aliphatic rings. The molecule has 0 fully saturated rings. The molecule has 3 aromatic rings. The van der Waals surface area contributed by atoms with E-state index >= 15 is 0 Å². The van der Waals surface area contributed by atoms with Crippen LogP contribution in [0.25, 0.3) is 10.6 Å². The first-order chi connectivity index (χ1) is 15.2. The summed E-state index contributed by atoms with van der Waals surface area (Å²) in [6.07, 6.45) is -4.35. The molecule has 0 saturated heterocycles. The van der Waals surface area contributed by atoms with Gasteiger partial charge in [-0.05, 0) is 18.2 Å². The van der Waals surface area contributed by atoms with Crippen molar-refractivity contribution in [3.8, 4) is 27.8 Å². The van der Waals surface area contributed by atoms with E-state index in [1.807, 2.05) is 0 Å². The first kappa shape index (κ1) is 23.4. The molecule has 0 aliphatic carbocycles. The SMILES string of the molecule is COc1cc(OC)c(OC)cc1CNC(=O)Cc1csc(-c2ccc(C(F)(F)F)cc2)n1. The quantitative estimate of drug-likeness (QED) is 0.521. The van der Waals surface area contributed by atoms with E-state index in [1.54, 1.807) is 17.5 Å². The third-order valence-electron chi connectivity index (χ3n) is 4.62. The van der Waals surface area contributed by atoms with Gasteiger partial charge >= 0.3 is 6.18 Å². The standard InChI is InChI=1S/C22H21F3N2O4S/c1-29-17-10-19(31-3)18(30-2)8-14(17)11-26-20(28)9-16-12-32-21(27-16)13-4-6-15(7-5-13)22(23,24)25/h4-8,10,12H,9,11H2,1-3H3,(H,26,28). The van der Waals surface area contributed by atoms with Gasteiger partial charge in [-0.1, -0.05) is 12.1 Å². The number of nitrogens with one attached hydrogen (secondary N) is 1. The zero-order chi connectivity index (χ0) is 23.3. The Morgan fingerprint density at radius 3 is 2.22 bits per heavy atom. The topological polar surface area (TPSA) is 69.7 Å². The van der Waals surface area contributed by atoms with Crippen LogP contribution in [0.5, 0.6) is 17.2 Å². The number of carbonyl (C=O) groups excluding carboxylic acids is 1. The molecule has 10 heteroatoms. The lowest BCUT2D eigenvalue weighted by atomic mass is 10.1. The molecule has 1 heterocycles. The Kier molecular flexibility index (Phi) is 7.24. The molecular formula is C22H21F3N2O4S. The van der Waals surface area contributed by atoms with E-state index in [1.165, 1.54) is 44.8 Å². The summed E-state index contributed by atoms with van der Waals surface area (Å²) in [5, 5.41) is 5.06. The van der Waals surface area contributed by atoms with Gasteiger partial charge < -0.3 is 19.5 Å². The fraction of sp³-hybridized carbons (Fsp3) is 0.273. The maximum atomic E-state index is 12.7. The first-order valence-corrected chi connectivity index (χ1v) is 10.3. The van der Waals surface area contributed by atoms with Crippen molar-refractivity contribution in [2.45, 2.75) is 19.1 Å². The molecule has 0 spiro atoms. The van der Waals surface area contributed by atoms with Gasteiger partial charge in [0.05, 0.1) is 39.0 Å². The number of alkyl halides is 3. The van der Waals surface area contributed by atoms with Gasteiger partial charge in [-0.2, -0.15) is 13.2 Å². The normalized spacial score (nSPS) is 11.2. The summed E-state index contributed by atoms with van der Waals surface area (Å²) >= 11 is 1.26. The Bertz CT molecular complexity index is 1080. The largest absolute Gasteiger partial charge is 0.496 e. The van der Waals surface area contributed by atoms with Crippen molar-refractivity contribution < 1.29 is 32.2 Å². The second kappa shape index (κ2) is 9.90. The predicted molar refractivity (Wildman–Crippen MR) is 114 cm³/mol. The number of methoxy groups -OCH3 is 3. The number of rotatable bonds is 8. The Labute approximate surface area is 187 Å². The highest BCUT2D eigenvalue weighted by atomic mass is 32.1. The van der Waals surface area contributed by atoms with Gasteiger partial charge in [0.15, 0.2) is 11.5 Å². The van der Waals surface area contributed by atoms with E-state index in [9.17, 15) is 18.0 Å². The molecule has 0 bridgehead atoms. The van der Waals surface area contributed by atoms with Crippen molar-refractivity contribution in [3.05, 3.63) is 58.6 Å². The molecule has 1 N–H and O–H groups in total. The fourth-order valence-corrected chi connectivity index (χ4v) is 3.80. The minimum Gasteiger partial charge on any atom is -0.496 e. The van der Waals surface area contributed by atoms with Crippen LogP contribution in [-0.4, -0.2) is 32.2 Å². The number of aromatic nitrogens is 1. The fourth-order valence-electron chi connectivity index (χ4n) is 2.97. The first-order valence-electron chi connectivity index (χ1n) is 9.42. The van der Waals surface area contributed by atoms with E-state index in [0.29, 0.717) is 39.1 Å². The van der Waals surface area contributed by atoms with E-state index in [0.717, 1.165) is 12.1 Å². The lowest BCUT2D eigenvalue weighted by Gasteiger charge is -2.14. The summed E-state index contributed by atoms with van der Waals surface area (Å²) in [6, 6.07) is 8.17. The number of hydrogen-bond donors (Lipinski definition) is 1. The smallest absolute Gasteiger partial charge is 0.416 e.